The zero-order chi connectivity index (χ0) is 13.0. The zero-order valence-corrected chi connectivity index (χ0v) is 11.6. The van der Waals surface area contributed by atoms with Gasteiger partial charge in [0.05, 0.1) is 13.1 Å². The summed E-state index contributed by atoms with van der Waals surface area (Å²) in [6.07, 6.45) is 4.94. The van der Waals surface area contributed by atoms with Crippen LogP contribution in [-0.2, 0) is 14.3 Å². The molecule has 1 spiro atoms. The minimum Gasteiger partial charge on any atom is -0.385 e. The maximum Gasteiger partial charge on any atom is 0.222 e. The summed E-state index contributed by atoms with van der Waals surface area (Å²) in [5.74, 6) is 0.980. The van der Waals surface area contributed by atoms with Gasteiger partial charge in [-0.05, 0) is 31.6 Å². The van der Waals surface area contributed by atoms with E-state index in [9.17, 15) is 4.79 Å². The van der Waals surface area contributed by atoms with Crippen molar-refractivity contribution < 1.29 is 14.3 Å². The van der Waals surface area contributed by atoms with Gasteiger partial charge in [0.2, 0.25) is 5.91 Å². The normalized spacial score (nSPS) is 26.1. The lowest BCUT2D eigenvalue weighted by molar-refractivity contribution is -0.189. The quantitative estimate of drug-likeness (QED) is 0.752. The van der Waals surface area contributed by atoms with E-state index in [-0.39, 0.29) is 11.5 Å². The minimum absolute atomic E-state index is 0.0277. The molecule has 2 aliphatic rings. The Labute approximate surface area is 110 Å². The topological polar surface area (TPSA) is 38.8 Å². The summed E-state index contributed by atoms with van der Waals surface area (Å²) < 4.78 is 11.1. The smallest absolute Gasteiger partial charge is 0.222 e. The van der Waals surface area contributed by atoms with Crippen LogP contribution in [0.15, 0.2) is 0 Å². The Balaban J connectivity index is 1.78. The van der Waals surface area contributed by atoms with Crippen LogP contribution in [0.2, 0.25) is 0 Å². The predicted molar refractivity (Wildman–Crippen MR) is 69.4 cm³/mol. The van der Waals surface area contributed by atoms with Gasteiger partial charge < -0.3 is 14.4 Å². The second-order valence-electron chi connectivity index (χ2n) is 5.67. The lowest BCUT2D eigenvalue weighted by Gasteiger charge is -2.53. The van der Waals surface area contributed by atoms with Crippen molar-refractivity contribution in [3.63, 3.8) is 0 Å². The van der Waals surface area contributed by atoms with Gasteiger partial charge in [0.25, 0.3) is 0 Å². The van der Waals surface area contributed by atoms with E-state index in [1.807, 2.05) is 11.8 Å². The van der Waals surface area contributed by atoms with Crippen molar-refractivity contribution in [2.45, 2.75) is 44.6 Å². The van der Waals surface area contributed by atoms with E-state index in [0.29, 0.717) is 12.3 Å². The van der Waals surface area contributed by atoms with Crippen LogP contribution in [0.3, 0.4) is 0 Å². The van der Waals surface area contributed by atoms with Crippen LogP contribution in [0.4, 0.5) is 0 Å². The number of methoxy groups -OCH3 is 1. The molecule has 4 heteroatoms. The molecule has 0 bridgehead atoms. The van der Waals surface area contributed by atoms with E-state index in [4.69, 9.17) is 9.47 Å². The molecule has 1 unspecified atom stereocenters. The van der Waals surface area contributed by atoms with Gasteiger partial charge in [0.1, 0.15) is 5.60 Å². The highest BCUT2D eigenvalue weighted by molar-refractivity contribution is 5.77. The molecule has 0 N–H and O–H groups in total. The van der Waals surface area contributed by atoms with Crippen molar-refractivity contribution in [1.29, 1.82) is 0 Å². The molecule has 2 rings (SSSR count). The van der Waals surface area contributed by atoms with Gasteiger partial charge in [-0.2, -0.15) is 0 Å². The average Bonchev–Trinajstić information content (AvgIpc) is 2.34. The fourth-order valence-electron chi connectivity index (χ4n) is 3.08. The minimum atomic E-state index is -0.0277. The van der Waals surface area contributed by atoms with E-state index >= 15 is 0 Å². The molecule has 4 nitrogen and oxygen atoms in total. The lowest BCUT2D eigenvalue weighted by atomic mass is 9.79. The Hall–Kier alpha value is -0.610. The lowest BCUT2D eigenvalue weighted by Crippen LogP contribution is -2.66. The van der Waals surface area contributed by atoms with Crippen LogP contribution in [-0.4, -0.2) is 49.8 Å². The molecule has 1 amide bonds. The van der Waals surface area contributed by atoms with Crippen LogP contribution >= 0.6 is 0 Å². The highest BCUT2D eigenvalue weighted by Crippen LogP contribution is 2.38. The van der Waals surface area contributed by atoms with Crippen LogP contribution in [0.5, 0.6) is 0 Å². The first-order valence-corrected chi connectivity index (χ1v) is 7.10. The maximum atomic E-state index is 11.8. The number of carbonyl (C=O) groups is 1. The van der Waals surface area contributed by atoms with Gasteiger partial charge in [-0.1, -0.05) is 6.92 Å². The molecule has 2 aliphatic heterocycles. The second kappa shape index (κ2) is 6.02. The zero-order valence-electron chi connectivity index (χ0n) is 11.6. The molecule has 0 aliphatic carbocycles. The number of hydrogen-bond donors (Lipinski definition) is 0. The van der Waals surface area contributed by atoms with Crippen LogP contribution in [0.25, 0.3) is 0 Å². The first-order valence-electron chi connectivity index (χ1n) is 7.10. The average molecular weight is 255 g/mol. The SMILES string of the molecule is CCCC(=O)N1CC2(CC(CCOC)CCO2)C1. The summed E-state index contributed by atoms with van der Waals surface area (Å²) >= 11 is 0. The molecule has 0 aromatic heterocycles. The van der Waals surface area contributed by atoms with Gasteiger partial charge in [-0.15, -0.1) is 0 Å². The summed E-state index contributed by atoms with van der Waals surface area (Å²) in [6.45, 7) is 5.32. The Morgan fingerprint density at radius 3 is 2.94 bits per heavy atom. The number of ether oxygens (including phenoxy) is 2. The number of nitrogens with zero attached hydrogens (tertiary/aromatic N) is 1. The largest absolute Gasteiger partial charge is 0.385 e. The van der Waals surface area contributed by atoms with Gasteiger partial charge in [-0.3, -0.25) is 4.79 Å². The monoisotopic (exact) mass is 255 g/mol. The van der Waals surface area contributed by atoms with E-state index in [2.05, 4.69) is 0 Å². The first kappa shape index (κ1) is 13.8. The molecular formula is C14H25NO3. The fourth-order valence-corrected chi connectivity index (χ4v) is 3.08. The van der Waals surface area contributed by atoms with Crippen molar-refractivity contribution in [2.24, 2.45) is 5.92 Å². The van der Waals surface area contributed by atoms with Crippen molar-refractivity contribution in [3.05, 3.63) is 0 Å². The molecule has 0 aromatic rings. The summed E-state index contributed by atoms with van der Waals surface area (Å²) in [5.41, 5.74) is -0.0277. The number of carbonyl (C=O) groups excluding carboxylic acids is 1. The Bertz CT molecular complexity index is 287. The summed E-state index contributed by atoms with van der Waals surface area (Å²) in [7, 11) is 1.75. The number of likely N-dealkylation sites (tertiary alicyclic amines) is 1. The highest BCUT2D eigenvalue weighted by atomic mass is 16.5. The third kappa shape index (κ3) is 3.04. The molecule has 1 atom stereocenters. The second-order valence-corrected chi connectivity index (χ2v) is 5.67. The molecule has 2 fully saturated rings. The van der Waals surface area contributed by atoms with Crippen LogP contribution in [0.1, 0.15) is 39.0 Å². The standard InChI is InChI=1S/C14H25NO3/c1-3-4-13(16)15-10-14(11-15)9-12(5-7-17-2)6-8-18-14/h12H,3-11H2,1-2H3. The summed E-state index contributed by atoms with van der Waals surface area (Å²) in [6, 6.07) is 0. The van der Waals surface area contributed by atoms with E-state index in [1.165, 1.54) is 0 Å². The number of hydrogen-bond acceptors (Lipinski definition) is 3. The van der Waals surface area contributed by atoms with Gasteiger partial charge >= 0.3 is 0 Å². The van der Waals surface area contributed by atoms with E-state index < -0.39 is 0 Å². The first-order chi connectivity index (χ1) is 8.69. The molecule has 104 valence electrons. The van der Waals surface area contributed by atoms with E-state index in [0.717, 1.165) is 52.0 Å². The molecule has 0 radical (unpaired) electrons. The molecular weight excluding hydrogens is 230 g/mol. The maximum absolute atomic E-state index is 11.8. The predicted octanol–water partition coefficient (Wildman–Crippen LogP) is 1.83. The Kier molecular flexibility index (Phi) is 4.62. The number of amides is 1. The fraction of sp³-hybridized carbons (Fsp3) is 0.929. The molecule has 2 saturated heterocycles. The van der Waals surface area contributed by atoms with Crippen LogP contribution in [0, 0.1) is 5.92 Å². The number of rotatable bonds is 5. The van der Waals surface area contributed by atoms with Gasteiger partial charge in [0, 0.05) is 26.7 Å². The Morgan fingerprint density at radius 2 is 2.28 bits per heavy atom. The van der Waals surface area contributed by atoms with Gasteiger partial charge in [0.15, 0.2) is 0 Å². The highest BCUT2D eigenvalue weighted by Gasteiger charge is 2.48. The summed E-state index contributed by atoms with van der Waals surface area (Å²) in [4.78, 5) is 13.7. The van der Waals surface area contributed by atoms with Gasteiger partial charge in [-0.25, -0.2) is 0 Å². The van der Waals surface area contributed by atoms with Crippen molar-refractivity contribution in [2.75, 3.05) is 33.4 Å². The molecule has 0 saturated carbocycles. The Morgan fingerprint density at radius 1 is 1.50 bits per heavy atom. The summed E-state index contributed by atoms with van der Waals surface area (Å²) in [5, 5.41) is 0. The van der Waals surface area contributed by atoms with E-state index in [1.54, 1.807) is 7.11 Å². The molecule has 0 aromatic carbocycles. The molecule has 2 heterocycles. The molecule has 18 heavy (non-hydrogen) atoms. The van der Waals surface area contributed by atoms with Crippen molar-refractivity contribution >= 4 is 5.91 Å². The van der Waals surface area contributed by atoms with Crippen molar-refractivity contribution in [3.8, 4) is 0 Å². The third-order valence-electron chi connectivity index (χ3n) is 4.10. The van der Waals surface area contributed by atoms with Crippen molar-refractivity contribution in [1.82, 2.24) is 4.90 Å². The van der Waals surface area contributed by atoms with Crippen LogP contribution < -0.4 is 0 Å². The third-order valence-corrected chi connectivity index (χ3v) is 4.10.